The van der Waals surface area contributed by atoms with Gasteiger partial charge in [0.2, 0.25) is 17.8 Å². The summed E-state index contributed by atoms with van der Waals surface area (Å²) in [5.41, 5.74) is 6.96. The Morgan fingerprint density at radius 2 is 1.89 bits per heavy atom. The van der Waals surface area contributed by atoms with E-state index in [9.17, 15) is 0 Å². The normalized spacial score (nSPS) is 10.5. The molecular formula is C12H19N7. The summed E-state index contributed by atoms with van der Waals surface area (Å²) in [7, 11) is 5.69. The van der Waals surface area contributed by atoms with Gasteiger partial charge in [-0.25, -0.2) is 0 Å². The van der Waals surface area contributed by atoms with Gasteiger partial charge in [0.15, 0.2) is 0 Å². The highest BCUT2D eigenvalue weighted by Crippen LogP contribution is 2.12. The van der Waals surface area contributed by atoms with E-state index in [0.29, 0.717) is 11.9 Å². The maximum absolute atomic E-state index is 5.71. The molecule has 0 spiro atoms. The molecular weight excluding hydrogens is 242 g/mol. The third-order valence-corrected chi connectivity index (χ3v) is 2.77. The Kier molecular flexibility index (Phi) is 3.84. The van der Waals surface area contributed by atoms with Crippen LogP contribution in [0.25, 0.3) is 0 Å². The smallest absolute Gasteiger partial charge is 0.231 e. The fourth-order valence-electron chi connectivity index (χ4n) is 1.65. The third-order valence-electron chi connectivity index (χ3n) is 2.77. The van der Waals surface area contributed by atoms with Crippen LogP contribution >= 0.6 is 0 Å². The van der Waals surface area contributed by atoms with Crippen LogP contribution < -0.4 is 15.5 Å². The lowest BCUT2D eigenvalue weighted by molar-refractivity contribution is 0.825. The Bertz CT molecular complexity index is 521. The molecule has 0 saturated carbocycles. The van der Waals surface area contributed by atoms with Gasteiger partial charge in [0, 0.05) is 40.1 Å². The molecule has 2 aromatic rings. The number of nitrogens with zero attached hydrogens (tertiary/aromatic N) is 5. The predicted molar refractivity (Wildman–Crippen MR) is 76.3 cm³/mol. The van der Waals surface area contributed by atoms with Crippen LogP contribution in [0.1, 0.15) is 5.56 Å². The van der Waals surface area contributed by atoms with Crippen molar-refractivity contribution in [2.45, 2.75) is 6.42 Å². The summed E-state index contributed by atoms with van der Waals surface area (Å²) in [4.78, 5) is 19.4. The molecule has 7 nitrogen and oxygen atoms in total. The fraction of sp³-hybridized carbons (Fsp3) is 0.417. The molecule has 0 bridgehead atoms. The molecule has 2 rings (SSSR count). The number of H-pyrrole nitrogens is 1. The SMILES string of the molecule is CN(C)c1nc(N)nc(N(C)CCc2cc[nH]c2)n1. The average Bonchev–Trinajstić information content (AvgIpc) is 2.88. The number of hydrogen-bond donors (Lipinski definition) is 2. The fourth-order valence-corrected chi connectivity index (χ4v) is 1.65. The summed E-state index contributed by atoms with van der Waals surface area (Å²) in [5, 5.41) is 0. The number of anilines is 3. The van der Waals surface area contributed by atoms with Gasteiger partial charge in [-0.15, -0.1) is 0 Å². The van der Waals surface area contributed by atoms with Crippen molar-refractivity contribution in [2.75, 3.05) is 43.2 Å². The van der Waals surface area contributed by atoms with E-state index in [1.165, 1.54) is 5.56 Å². The van der Waals surface area contributed by atoms with E-state index in [2.05, 4.69) is 26.0 Å². The molecule has 2 heterocycles. The number of nitrogen functional groups attached to an aromatic ring is 1. The number of aromatic nitrogens is 4. The van der Waals surface area contributed by atoms with Crippen molar-refractivity contribution in [3.05, 3.63) is 24.0 Å². The molecule has 0 aliphatic carbocycles. The van der Waals surface area contributed by atoms with Gasteiger partial charge in [0.25, 0.3) is 0 Å². The number of rotatable bonds is 5. The van der Waals surface area contributed by atoms with Crippen LogP contribution in [0.2, 0.25) is 0 Å². The molecule has 0 fully saturated rings. The Morgan fingerprint density at radius 3 is 2.53 bits per heavy atom. The van der Waals surface area contributed by atoms with Crippen molar-refractivity contribution in [2.24, 2.45) is 0 Å². The molecule has 19 heavy (non-hydrogen) atoms. The molecule has 0 atom stereocenters. The Labute approximate surface area is 112 Å². The van der Waals surface area contributed by atoms with Crippen LogP contribution in [0.15, 0.2) is 18.5 Å². The molecule has 102 valence electrons. The van der Waals surface area contributed by atoms with Crippen LogP contribution in [0.5, 0.6) is 0 Å². The molecule has 0 aliphatic heterocycles. The lowest BCUT2D eigenvalue weighted by Crippen LogP contribution is -2.25. The molecule has 0 aliphatic rings. The second kappa shape index (κ2) is 5.55. The first-order valence-corrected chi connectivity index (χ1v) is 6.08. The molecule has 7 heteroatoms. The van der Waals surface area contributed by atoms with Gasteiger partial charge < -0.3 is 20.5 Å². The maximum Gasteiger partial charge on any atom is 0.231 e. The summed E-state index contributed by atoms with van der Waals surface area (Å²) >= 11 is 0. The number of aromatic amines is 1. The second-order valence-corrected chi connectivity index (χ2v) is 4.58. The summed E-state index contributed by atoms with van der Waals surface area (Å²) in [6.07, 6.45) is 4.82. The standard InChI is InChI=1S/C12H19N7/c1-18(2)11-15-10(13)16-12(17-11)19(3)7-5-9-4-6-14-8-9/h4,6,8,14H,5,7H2,1-3H3,(H2,13,15,16,17). The molecule has 2 aromatic heterocycles. The molecule has 0 saturated heterocycles. The first kappa shape index (κ1) is 13.1. The monoisotopic (exact) mass is 261 g/mol. The third kappa shape index (κ3) is 3.34. The maximum atomic E-state index is 5.71. The average molecular weight is 261 g/mol. The molecule has 0 unspecified atom stereocenters. The van der Waals surface area contributed by atoms with E-state index in [-0.39, 0.29) is 5.95 Å². The first-order valence-electron chi connectivity index (χ1n) is 6.08. The number of likely N-dealkylation sites (N-methyl/N-ethyl adjacent to an activating group) is 1. The van der Waals surface area contributed by atoms with E-state index in [0.717, 1.165) is 13.0 Å². The first-order chi connectivity index (χ1) is 9.06. The van der Waals surface area contributed by atoms with E-state index < -0.39 is 0 Å². The summed E-state index contributed by atoms with van der Waals surface area (Å²) in [6, 6.07) is 2.06. The number of nitrogens with one attached hydrogen (secondary N) is 1. The van der Waals surface area contributed by atoms with Gasteiger partial charge in [-0.05, 0) is 18.1 Å². The largest absolute Gasteiger partial charge is 0.368 e. The van der Waals surface area contributed by atoms with Gasteiger partial charge >= 0.3 is 0 Å². The minimum atomic E-state index is 0.238. The van der Waals surface area contributed by atoms with Crippen LogP contribution in [0.3, 0.4) is 0 Å². The zero-order valence-electron chi connectivity index (χ0n) is 11.5. The van der Waals surface area contributed by atoms with Crippen molar-refractivity contribution >= 4 is 17.8 Å². The Hall–Kier alpha value is -2.31. The van der Waals surface area contributed by atoms with Crippen molar-refractivity contribution in [1.29, 1.82) is 0 Å². The molecule has 3 N–H and O–H groups in total. The van der Waals surface area contributed by atoms with E-state index >= 15 is 0 Å². The van der Waals surface area contributed by atoms with Crippen molar-refractivity contribution < 1.29 is 0 Å². The topological polar surface area (TPSA) is 87.0 Å². The molecule has 0 radical (unpaired) electrons. The molecule has 0 aromatic carbocycles. The van der Waals surface area contributed by atoms with Gasteiger partial charge in [0.1, 0.15) is 0 Å². The quantitative estimate of drug-likeness (QED) is 0.816. The zero-order valence-corrected chi connectivity index (χ0v) is 11.5. The van der Waals surface area contributed by atoms with E-state index in [1.54, 1.807) is 0 Å². The van der Waals surface area contributed by atoms with Gasteiger partial charge in [0.05, 0.1) is 0 Å². The van der Waals surface area contributed by atoms with Gasteiger partial charge in [-0.3, -0.25) is 0 Å². The van der Waals surface area contributed by atoms with Crippen molar-refractivity contribution in [3.8, 4) is 0 Å². The van der Waals surface area contributed by atoms with Crippen LogP contribution in [0.4, 0.5) is 17.8 Å². The Balaban J connectivity index is 2.07. The minimum Gasteiger partial charge on any atom is -0.368 e. The van der Waals surface area contributed by atoms with Crippen molar-refractivity contribution in [3.63, 3.8) is 0 Å². The zero-order chi connectivity index (χ0) is 13.8. The second-order valence-electron chi connectivity index (χ2n) is 4.58. The summed E-state index contributed by atoms with van der Waals surface area (Å²) in [5.74, 6) is 1.39. The highest BCUT2D eigenvalue weighted by Gasteiger charge is 2.10. The summed E-state index contributed by atoms with van der Waals surface area (Å²) in [6.45, 7) is 0.814. The number of hydrogen-bond acceptors (Lipinski definition) is 6. The minimum absolute atomic E-state index is 0.238. The van der Waals surface area contributed by atoms with Crippen molar-refractivity contribution in [1.82, 2.24) is 19.9 Å². The van der Waals surface area contributed by atoms with Crippen LogP contribution in [-0.4, -0.2) is 47.6 Å². The van der Waals surface area contributed by atoms with E-state index in [4.69, 9.17) is 5.73 Å². The highest BCUT2D eigenvalue weighted by atomic mass is 15.3. The Morgan fingerprint density at radius 1 is 1.16 bits per heavy atom. The van der Waals surface area contributed by atoms with Crippen LogP contribution in [-0.2, 0) is 6.42 Å². The van der Waals surface area contributed by atoms with Gasteiger partial charge in [-0.2, -0.15) is 15.0 Å². The van der Waals surface area contributed by atoms with Gasteiger partial charge in [-0.1, -0.05) is 0 Å². The van der Waals surface area contributed by atoms with Crippen LogP contribution in [0, 0.1) is 0 Å². The lowest BCUT2D eigenvalue weighted by atomic mass is 10.2. The highest BCUT2D eigenvalue weighted by molar-refractivity contribution is 5.42. The molecule has 0 amide bonds. The van der Waals surface area contributed by atoms with E-state index in [1.807, 2.05) is 43.3 Å². The summed E-state index contributed by atoms with van der Waals surface area (Å²) < 4.78 is 0. The predicted octanol–water partition coefficient (Wildman–Crippen LogP) is 0.527. The number of nitrogens with two attached hydrogens (primary N) is 1. The lowest BCUT2D eigenvalue weighted by Gasteiger charge is -2.18.